The summed E-state index contributed by atoms with van der Waals surface area (Å²) in [5.41, 5.74) is 0.666. The second-order valence-corrected chi connectivity index (χ2v) is 17.7. The van der Waals surface area contributed by atoms with Gasteiger partial charge in [0.25, 0.3) is 0 Å². The number of hydrogen-bond donors (Lipinski definition) is 2. The number of aromatic nitrogens is 8. The first-order valence-electron chi connectivity index (χ1n) is 14.7. The quantitative estimate of drug-likeness (QED) is 0.0889. The Morgan fingerprint density at radius 2 is 0.404 bits per heavy atom. The van der Waals surface area contributed by atoms with Crippen molar-refractivity contribution in [3.05, 3.63) is 80.4 Å². The Morgan fingerprint density at radius 3 is 0.596 bits per heavy atom. The van der Waals surface area contributed by atoms with Crippen molar-refractivity contribution in [3.8, 4) is 45.6 Å². The van der Waals surface area contributed by atoms with Crippen LogP contribution in [-0.4, -0.2) is 39.9 Å². The molecule has 0 atom stereocenters. The molecule has 2 aliphatic rings. The van der Waals surface area contributed by atoms with Gasteiger partial charge in [0.15, 0.2) is 23.3 Å². The number of fused-ring (bicyclic) bond motifs is 20. The third-order valence-corrected chi connectivity index (χ3v) is 15.9. The molecule has 8 bridgehead atoms. The Hall–Kier alpha value is -0.601. The van der Waals surface area contributed by atoms with Crippen molar-refractivity contribution in [1.29, 1.82) is 0 Å². The van der Waals surface area contributed by atoms with Crippen LogP contribution in [0, 0.1) is 0 Å². The number of hydrogen-bond acceptors (Lipinski definition) is 6. The molecule has 0 unspecified atom stereocenters. The molecule has 57 heavy (non-hydrogen) atoms. The molecule has 0 radical (unpaired) electrons. The molecule has 8 nitrogen and oxygen atoms in total. The summed E-state index contributed by atoms with van der Waals surface area (Å²) in [6.07, 6.45) is 0. The van der Waals surface area contributed by atoms with Crippen molar-refractivity contribution in [1.82, 2.24) is 39.9 Å². The Balaban J connectivity index is 0.00000455. The van der Waals surface area contributed by atoms with E-state index in [1.54, 1.807) is 0 Å². The molecule has 0 saturated carbocycles. The summed E-state index contributed by atoms with van der Waals surface area (Å²) in [5.74, 6) is -0.257. The molecule has 2 aliphatic heterocycles. The molecular formula is C32H2Cl16CuN8+. The molecule has 0 spiro atoms. The maximum Gasteiger partial charge on any atom is 1.00 e. The summed E-state index contributed by atoms with van der Waals surface area (Å²) in [6.45, 7) is 0. The smallest absolute Gasteiger partial charge is 0.324 e. The predicted molar refractivity (Wildman–Crippen MR) is 236 cm³/mol. The van der Waals surface area contributed by atoms with Crippen LogP contribution in [0.2, 0.25) is 80.4 Å². The molecule has 5 heterocycles. The Kier molecular flexibility index (Phi) is 11.6. The van der Waals surface area contributed by atoms with E-state index in [4.69, 9.17) is 216 Å². The summed E-state index contributed by atoms with van der Waals surface area (Å²) < 4.78 is 0. The second-order valence-electron chi connectivity index (χ2n) is 11.6. The SMILES string of the molecule is Clc1c(Cl)c(Cl)c2c(c1Cl)-c1nc-2nc2[nH]c(nc3nc(nc4[nH]c(n1)c1c(Cl)c(Cl)c(Cl)c(Cl)c41)-c1c(Cl)c(Cl)c(Cl)c(Cl)c1-3)c1c(Cl)c(Cl)c(Cl)c(Cl)c21.[Cu+]. The maximum atomic E-state index is 6.84. The monoisotopic (exact) mass is 1120 g/mol. The van der Waals surface area contributed by atoms with Gasteiger partial charge in [0.05, 0.1) is 124 Å². The second kappa shape index (κ2) is 15.3. The summed E-state index contributed by atoms with van der Waals surface area (Å²) in [7, 11) is 0. The first-order chi connectivity index (χ1) is 26.4. The Bertz CT molecular complexity index is 2820. The van der Waals surface area contributed by atoms with Crippen LogP contribution in [0.4, 0.5) is 0 Å². The number of aromatic amines is 2. The third-order valence-electron chi connectivity index (χ3n) is 8.68. The molecule has 0 fully saturated rings. The van der Waals surface area contributed by atoms with Crippen LogP contribution >= 0.6 is 186 Å². The molecule has 2 N–H and O–H groups in total. The normalized spacial score (nSPS) is 12.1. The van der Waals surface area contributed by atoms with Crippen LogP contribution < -0.4 is 0 Å². The Morgan fingerprint density at radius 1 is 0.228 bits per heavy atom. The van der Waals surface area contributed by atoms with Gasteiger partial charge in [-0.25, -0.2) is 29.9 Å². The minimum atomic E-state index is -0.0863. The summed E-state index contributed by atoms with van der Waals surface area (Å²) in [6, 6.07) is 0. The van der Waals surface area contributed by atoms with Gasteiger partial charge < -0.3 is 9.97 Å². The van der Waals surface area contributed by atoms with Crippen molar-refractivity contribution in [2.45, 2.75) is 0 Å². The van der Waals surface area contributed by atoms with Gasteiger partial charge in [0.1, 0.15) is 22.6 Å². The molecule has 0 aliphatic carbocycles. The van der Waals surface area contributed by atoms with Crippen LogP contribution in [0.25, 0.3) is 89.7 Å². The van der Waals surface area contributed by atoms with E-state index < -0.39 is 0 Å². The van der Waals surface area contributed by atoms with Gasteiger partial charge in [-0.1, -0.05) is 186 Å². The van der Waals surface area contributed by atoms with Gasteiger partial charge in [-0.2, -0.15) is 0 Å². The van der Waals surface area contributed by atoms with Gasteiger partial charge >= 0.3 is 17.1 Å². The standard InChI is InChI=1S/C32H2Cl16N8.Cu/c33-9-1-2(10(34)18(42)17(9)41)26-49-25(1)53-27-3-4(12(36)20(44)19(43)11(3)35)29(50-27)55-31-7-8(16(40)24(48)23(47)15(7)39)32(52-31)56-30-6-5(28(51-30)54-26)13(37)21(45)22(46)14(6)38;/h(H2,49,50,51,52,53,54,55,56);/q;+1. The van der Waals surface area contributed by atoms with E-state index in [0.29, 0.717) is 0 Å². The fourth-order valence-electron chi connectivity index (χ4n) is 6.24. The van der Waals surface area contributed by atoms with Gasteiger partial charge in [-0.05, 0) is 0 Å². The minimum absolute atomic E-state index is 0. The van der Waals surface area contributed by atoms with Gasteiger partial charge in [-0.3, -0.25) is 0 Å². The van der Waals surface area contributed by atoms with Crippen molar-refractivity contribution in [2.75, 3.05) is 0 Å². The van der Waals surface area contributed by atoms with Crippen LogP contribution in [0.1, 0.15) is 0 Å². The summed E-state index contributed by atoms with van der Waals surface area (Å²) in [4.78, 5) is 34.9. The number of benzene rings is 4. The van der Waals surface area contributed by atoms with Crippen LogP contribution in [0.15, 0.2) is 0 Å². The van der Waals surface area contributed by atoms with E-state index >= 15 is 0 Å². The van der Waals surface area contributed by atoms with Gasteiger partial charge in [-0.15, -0.1) is 0 Å². The van der Waals surface area contributed by atoms with Crippen molar-refractivity contribution >= 4 is 230 Å². The first kappa shape index (κ1) is 43.1. The molecule has 4 aromatic carbocycles. The largest absolute Gasteiger partial charge is 1.00 e. The molecular weight excluding hydrogens is 1130 g/mol. The fraction of sp³-hybridized carbons (Fsp3) is 0. The van der Waals surface area contributed by atoms with E-state index in [2.05, 4.69) is 9.97 Å². The number of halogens is 16. The van der Waals surface area contributed by atoms with E-state index in [9.17, 15) is 0 Å². The summed E-state index contributed by atoms with van der Waals surface area (Å²) >= 11 is 107. The molecule has 292 valence electrons. The fourth-order valence-corrected chi connectivity index (χ4v) is 10.3. The molecule has 0 amide bonds. The third kappa shape index (κ3) is 6.22. The van der Waals surface area contributed by atoms with E-state index in [0.717, 1.165) is 0 Å². The molecule has 0 saturated heterocycles. The molecule has 9 rings (SSSR count). The number of nitrogens with zero attached hydrogens (tertiary/aromatic N) is 6. The average Bonchev–Trinajstić information content (AvgIpc) is 3.92. The van der Waals surface area contributed by atoms with Crippen LogP contribution in [-0.2, 0) is 17.1 Å². The van der Waals surface area contributed by atoms with E-state index in [-0.39, 0.29) is 187 Å². The van der Waals surface area contributed by atoms with Crippen molar-refractivity contribution < 1.29 is 17.1 Å². The first-order valence-corrected chi connectivity index (χ1v) is 20.8. The molecule has 3 aromatic heterocycles. The number of rotatable bonds is 0. The minimum Gasteiger partial charge on any atom is -0.324 e. The average molecular weight is 1130 g/mol. The molecule has 25 heteroatoms. The van der Waals surface area contributed by atoms with E-state index in [1.807, 2.05) is 0 Å². The number of H-pyrrole nitrogens is 2. The summed E-state index contributed by atoms with van der Waals surface area (Å²) in [5, 5.41) is -0.398. The van der Waals surface area contributed by atoms with Crippen molar-refractivity contribution in [3.63, 3.8) is 0 Å². The van der Waals surface area contributed by atoms with Gasteiger partial charge in [0, 0.05) is 0 Å². The van der Waals surface area contributed by atoms with Crippen molar-refractivity contribution in [2.24, 2.45) is 0 Å². The maximum absolute atomic E-state index is 6.84. The predicted octanol–water partition coefficient (Wildman–Crippen LogP) is 17.3. The zero-order valence-electron chi connectivity index (χ0n) is 26.0. The number of nitrogens with one attached hydrogen (secondary N) is 2. The Labute approximate surface area is 408 Å². The zero-order chi connectivity index (χ0) is 40.1. The van der Waals surface area contributed by atoms with Crippen LogP contribution in [0.5, 0.6) is 0 Å². The van der Waals surface area contributed by atoms with Crippen LogP contribution in [0.3, 0.4) is 0 Å². The van der Waals surface area contributed by atoms with Gasteiger partial charge in [0.2, 0.25) is 0 Å². The topological polar surface area (TPSA) is 109 Å². The zero-order valence-corrected chi connectivity index (χ0v) is 39.1. The molecule has 7 aromatic rings. The van der Waals surface area contributed by atoms with E-state index in [1.165, 1.54) is 0 Å².